The Morgan fingerprint density at radius 1 is 1.12 bits per heavy atom. The summed E-state index contributed by atoms with van der Waals surface area (Å²) in [4.78, 5) is 32.0. The lowest BCUT2D eigenvalue weighted by Gasteiger charge is -2.39. The molecular formula is C27H36N2O4. The third-order valence-corrected chi connectivity index (χ3v) is 6.53. The van der Waals surface area contributed by atoms with Crippen LogP contribution in [0.4, 0.5) is 5.82 Å². The Labute approximate surface area is 197 Å². The van der Waals surface area contributed by atoms with Crippen molar-refractivity contribution in [3.8, 4) is 11.5 Å². The van der Waals surface area contributed by atoms with Gasteiger partial charge in [0.05, 0.1) is 0 Å². The molecule has 0 saturated heterocycles. The van der Waals surface area contributed by atoms with Crippen LogP contribution < -0.4 is 14.4 Å². The number of esters is 1. The second-order valence-corrected chi connectivity index (χ2v) is 9.39. The number of carbonyl (C=O) groups excluding carboxylic acids is 2. The Morgan fingerprint density at radius 3 is 2.42 bits per heavy atom. The molecule has 0 radical (unpaired) electrons. The molecule has 0 spiro atoms. The molecule has 0 bridgehead atoms. The van der Waals surface area contributed by atoms with Crippen molar-refractivity contribution >= 4 is 17.7 Å². The first-order chi connectivity index (χ1) is 15.5. The quantitative estimate of drug-likeness (QED) is 0.430. The van der Waals surface area contributed by atoms with Gasteiger partial charge in [-0.1, -0.05) is 13.3 Å². The summed E-state index contributed by atoms with van der Waals surface area (Å²) in [7, 11) is 0. The van der Waals surface area contributed by atoms with E-state index in [1.807, 2.05) is 53.7 Å². The van der Waals surface area contributed by atoms with Crippen molar-refractivity contribution in [2.24, 2.45) is 0 Å². The van der Waals surface area contributed by atoms with Crippen molar-refractivity contribution in [2.45, 2.75) is 86.7 Å². The first-order valence-electron chi connectivity index (χ1n) is 11.8. The molecule has 1 aromatic heterocycles. The Hall–Kier alpha value is -2.89. The molecule has 6 nitrogen and oxygen atoms in total. The molecule has 6 heteroatoms. The van der Waals surface area contributed by atoms with Gasteiger partial charge in [0.25, 0.3) is 5.91 Å². The fourth-order valence-corrected chi connectivity index (χ4v) is 4.56. The number of amides is 1. The van der Waals surface area contributed by atoms with Crippen LogP contribution >= 0.6 is 0 Å². The van der Waals surface area contributed by atoms with Crippen molar-refractivity contribution in [2.75, 3.05) is 11.4 Å². The second kappa shape index (κ2) is 9.54. The lowest BCUT2D eigenvalue weighted by Crippen LogP contribution is -2.53. The summed E-state index contributed by atoms with van der Waals surface area (Å²) in [6, 6.07) is 3.97. The molecular weight excluding hydrogens is 416 g/mol. The van der Waals surface area contributed by atoms with Crippen LogP contribution in [0.15, 0.2) is 12.1 Å². The lowest BCUT2D eigenvalue weighted by molar-refractivity contribution is -0.134. The zero-order valence-corrected chi connectivity index (χ0v) is 21.2. The smallest absolute Gasteiger partial charge is 0.308 e. The lowest BCUT2D eigenvalue weighted by atomic mass is 9.86. The van der Waals surface area contributed by atoms with Crippen LogP contribution in [0.3, 0.4) is 0 Å². The maximum atomic E-state index is 13.9. The normalized spacial score (nSPS) is 17.2. The molecule has 33 heavy (non-hydrogen) atoms. The fraction of sp³-hybridized carbons (Fsp3) is 0.519. The highest BCUT2D eigenvalue weighted by atomic mass is 16.5. The molecule has 3 rings (SSSR count). The van der Waals surface area contributed by atoms with Crippen LogP contribution in [-0.4, -0.2) is 29.0 Å². The number of aromatic nitrogens is 1. The largest absolute Gasteiger partial charge is 0.477 e. The van der Waals surface area contributed by atoms with Gasteiger partial charge in [-0.05, 0) is 88.8 Å². The summed E-state index contributed by atoms with van der Waals surface area (Å²) in [5.41, 5.74) is 4.62. The monoisotopic (exact) mass is 452 g/mol. The van der Waals surface area contributed by atoms with Gasteiger partial charge in [0.15, 0.2) is 5.60 Å². The van der Waals surface area contributed by atoms with Crippen LogP contribution in [0.1, 0.15) is 73.5 Å². The van der Waals surface area contributed by atoms with Crippen LogP contribution in [-0.2, 0) is 16.0 Å². The second-order valence-electron chi connectivity index (χ2n) is 9.39. The minimum atomic E-state index is -1.01. The molecule has 0 aliphatic carbocycles. The number of ether oxygens (including phenoxy) is 2. The summed E-state index contributed by atoms with van der Waals surface area (Å²) in [5, 5.41) is 0. The van der Waals surface area contributed by atoms with E-state index in [0.29, 0.717) is 31.0 Å². The van der Waals surface area contributed by atoms with E-state index in [1.54, 1.807) is 4.90 Å². The Bertz CT molecular complexity index is 1070. The van der Waals surface area contributed by atoms with Crippen molar-refractivity contribution in [3.05, 3.63) is 45.6 Å². The van der Waals surface area contributed by atoms with Gasteiger partial charge in [-0.3, -0.25) is 14.5 Å². The summed E-state index contributed by atoms with van der Waals surface area (Å²) in [6.45, 7) is 15.8. The first-order valence-corrected chi connectivity index (χ1v) is 11.8. The minimum absolute atomic E-state index is 0.0714. The molecule has 1 aliphatic heterocycles. The van der Waals surface area contributed by atoms with Gasteiger partial charge >= 0.3 is 5.97 Å². The number of pyridine rings is 1. The van der Waals surface area contributed by atoms with Crippen LogP contribution in [0, 0.1) is 34.6 Å². The van der Waals surface area contributed by atoms with Crippen LogP contribution in [0.2, 0.25) is 0 Å². The van der Waals surface area contributed by atoms with E-state index < -0.39 is 5.60 Å². The van der Waals surface area contributed by atoms with E-state index in [4.69, 9.17) is 9.47 Å². The van der Waals surface area contributed by atoms with E-state index in [1.165, 1.54) is 6.92 Å². The molecule has 0 saturated carbocycles. The number of rotatable bonds is 6. The van der Waals surface area contributed by atoms with E-state index in [9.17, 15) is 9.59 Å². The fourth-order valence-electron chi connectivity index (χ4n) is 4.56. The Balaban J connectivity index is 2.02. The average Bonchev–Trinajstić information content (AvgIpc) is 2.74. The van der Waals surface area contributed by atoms with E-state index in [-0.39, 0.29) is 11.9 Å². The standard InChI is InChI=1S/C27H36N2O4/c1-9-10-13-29(23-15-16(2)14-17(3)28-23)26(31)27(8)12-11-22-20(6)24(32-21(7)30)18(4)19(5)25(22)33-27/h14-15H,9-13H2,1-8H3. The minimum Gasteiger partial charge on any atom is -0.477 e. The zero-order chi connectivity index (χ0) is 24.5. The number of anilines is 1. The number of unbranched alkanes of at least 4 members (excludes halogenated alkanes) is 1. The Kier molecular flexibility index (Phi) is 7.15. The van der Waals surface area contributed by atoms with E-state index >= 15 is 0 Å². The predicted molar refractivity (Wildman–Crippen MR) is 130 cm³/mol. The number of hydrogen-bond acceptors (Lipinski definition) is 5. The molecule has 1 aromatic carbocycles. The summed E-state index contributed by atoms with van der Waals surface area (Å²) in [6.07, 6.45) is 3.07. The number of hydrogen-bond donors (Lipinski definition) is 0. The molecule has 0 fully saturated rings. The van der Waals surface area contributed by atoms with Gasteiger partial charge in [-0.15, -0.1) is 0 Å². The van der Waals surface area contributed by atoms with Gasteiger partial charge in [-0.25, -0.2) is 4.98 Å². The van der Waals surface area contributed by atoms with Gasteiger partial charge in [0.2, 0.25) is 0 Å². The summed E-state index contributed by atoms with van der Waals surface area (Å²) >= 11 is 0. The number of fused-ring (bicyclic) bond motifs is 1. The third kappa shape index (κ3) is 4.90. The summed E-state index contributed by atoms with van der Waals surface area (Å²) in [5.74, 6) is 1.59. The van der Waals surface area contributed by atoms with Crippen LogP contribution in [0.25, 0.3) is 0 Å². The highest BCUT2D eigenvalue weighted by Crippen LogP contribution is 2.44. The van der Waals surface area contributed by atoms with E-state index in [2.05, 4.69) is 11.9 Å². The molecule has 1 amide bonds. The molecule has 2 aromatic rings. The van der Waals surface area contributed by atoms with Gasteiger partial charge in [0, 0.05) is 31.1 Å². The third-order valence-electron chi connectivity index (χ3n) is 6.53. The highest BCUT2D eigenvalue weighted by Gasteiger charge is 2.44. The molecule has 1 atom stereocenters. The number of nitrogens with zero attached hydrogens (tertiary/aromatic N) is 2. The molecule has 1 unspecified atom stereocenters. The SMILES string of the molecule is CCCCN(C(=O)C1(C)CCc2c(C)c(OC(C)=O)c(C)c(C)c2O1)c1cc(C)cc(C)n1. The van der Waals surface area contributed by atoms with Crippen molar-refractivity contribution in [1.82, 2.24) is 4.98 Å². The van der Waals surface area contributed by atoms with Crippen LogP contribution in [0.5, 0.6) is 11.5 Å². The van der Waals surface area contributed by atoms with Gasteiger partial charge < -0.3 is 9.47 Å². The highest BCUT2D eigenvalue weighted by molar-refractivity contribution is 5.99. The van der Waals surface area contributed by atoms with Crippen molar-refractivity contribution in [3.63, 3.8) is 0 Å². The number of aryl methyl sites for hydroxylation is 2. The van der Waals surface area contributed by atoms with Crippen molar-refractivity contribution < 1.29 is 19.1 Å². The molecule has 1 aliphatic rings. The molecule has 0 N–H and O–H groups in total. The molecule has 2 heterocycles. The first kappa shape index (κ1) is 24.7. The topological polar surface area (TPSA) is 68.7 Å². The number of benzene rings is 1. The zero-order valence-electron chi connectivity index (χ0n) is 21.2. The number of carbonyl (C=O) groups is 2. The molecule has 178 valence electrons. The maximum Gasteiger partial charge on any atom is 0.308 e. The van der Waals surface area contributed by atoms with Crippen molar-refractivity contribution in [1.29, 1.82) is 0 Å². The van der Waals surface area contributed by atoms with Gasteiger partial charge in [-0.2, -0.15) is 0 Å². The van der Waals surface area contributed by atoms with Gasteiger partial charge in [0.1, 0.15) is 17.3 Å². The van der Waals surface area contributed by atoms with E-state index in [0.717, 1.165) is 52.1 Å². The Morgan fingerprint density at radius 2 is 1.82 bits per heavy atom. The maximum absolute atomic E-state index is 13.9. The average molecular weight is 453 g/mol. The summed E-state index contributed by atoms with van der Waals surface area (Å²) < 4.78 is 12.0. The predicted octanol–water partition coefficient (Wildman–Crippen LogP) is 5.47.